The van der Waals surface area contributed by atoms with Gasteiger partial charge < -0.3 is 75.1 Å². The second-order valence-electron chi connectivity index (χ2n) is 9.78. The third kappa shape index (κ3) is 5.15. The summed E-state index contributed by atoms with van der Waals surface area (Å²) in [5.41, 5.74) is -6.23. The van der Waals surface area contributed by atoms with E-state index >= 15 is 0 Å². The molecule has 0 aliphatic carbocycles. The van der Waals surface area contributed by atoms with Gasteiger partial charge in [-0.15, -0.1) is 0 Å². The summed E-state index contributed by atoms with van der Waals surface area (Å²) in [7, 11) is 0. The number of hydrogen-bond donors (Lipinski definition) is 11. The fraction of sp³-hybridized carbons (Fsp3) is 0.905. The minimum Gasteiger partial charge on any atom is -0.481 e. The Kier molecular flexibility index (Phi) is 9.36. The van der Waals surface area contributed by atoms with Gasteiger partial charge in [-0.2, -0.15) is 0 Å². The topological polar surface area (TPSA) is 294 Å². The second kappa shape index (κ2) is 11.5. The molecule has 38 heavy (non-hydrogen) atoms. The van der Waals surface area contributed by atoms with Gasteiger partial charge in [0.2, 0.25) is 0 Å². The summed E-state index contributed by atoms with van der Waals surface area (Å²) in [5.74, 6) is -2.77. The molecule has 3 heterocycles. The summed E-state index contributed by atoms with van der Waals surface area (Å²) >= 11 is 0. The molecule has 17 nitrogen and oxygen atoms in total. The lowest BCUT2D eigenvalue weighted by molar-refractivity contribution is -0.390. The standard InChI is InChI=1S/C21H34O17/c1-6-11(26)13(28)15(30)18(37-6)20(33)5-36-8(4-35-10(25)2-9(23)24)17(32)21(20,34)19-16(31)14(29)12(27)7(3-22)38-19/h6-8,11-19,22,26-34H,2-5H2,1H3,(H,23,24)/t6-,7+,8-,11-,12+,13+,14-,15-,16+,17-,18?,19+,20-,21-/m1/s1. The lowest BCUT2D eigenvalue weighted by atomic mass is 9.64. The molecule has 3 saturated heterocycles. The van der Waals surface area contributed by atoms with Gasteiger partial charge in [-0.3, -0.25) is 9.59 Å². The Morgan fingerprint density at radius 1 is 0.842 bits per heavy atom. The highest BCUT2D eigenvalue weighted by Gasteiger charge is 2.72. The van der Waals surface area contributed by atoms with Gasteiger partial charge in [0.1, 0.15) is 80.2 Å². The Bertz CT molecular complexity index is 856. The Balaban J connectivity index is 2.04. The van der Waals surface area contributed by atoms with Crippen molar-refractivity contribution in [2.45, 2.75) is 97.8 Å². The quantitative estimate of drug-likeness (QED) is 0.102. The van der Waals surface area contributed by atoms with E-state index in [1.54, 1.807) is 0 Å². The van der Waals surface area contributed by atoms with E-state index in [0.717, 1.165) is 0 Å². The van der Waals surface area contributed by atoms with E-state index in [9.17, 15) is 60.7 Å². The molecule has 0 aromatic heterocycles. The summed E-state index contributed by atoms with van der Waals surface area (Å²) in [4.78, 5) is 22.4. The number of ether oxygens (including phenoxy) is 4. The molecule has 0 aromatic carbocycles. The summed E-state index contributed by atoms with van der Waals surface area (Å²) in [6, 6.07) is 0. The zero-order valence-electron chi connectivity index (χ0n) is 20.1. The average molecular weight is 558 g/mol. The van der Waals surface area contributed by atoms with E-state index < -0.39 is 123 Å². The minimum atomic E-state index is -3.23. The summed E-state index contributed by atoms with van der Waals surface area (Å²) in [6.45, 7) is -1.64. The van der Waals surface area contributed by atoms with Crippen molar-refractivity contribution >= 4 is 11.9 Å². The van der Waals surface area contributed by atoms with Crippen LogP contribution in [0.3, 0.4) is 0 Å². The number of aliphatic hydroxyl groups is 10. The van der Waals surface area contributed by atoms with Crippen LogP contribution < -0.4 is 0 Å². The number of carboxylic acid groups (broad SMARTS) is 1. The van der Waals surface area contributed by atoms with Crippen LogP contribution in [0.2, 0.25) is 0 Å². The maximum absolute atomic E-state index is 12.0. The summed E-state index contributed by atoms with van der Waals surface area (Å²) in [5, 5.41) is 115. The number of aliphatic carboxylic acids is 1. The van der Waals surface area contributed by atoms with Crippen molar-refractivity contribution in [2.24, 2.45) is 0 Å². The molecule has 0 aromatic rings. The molecule has 17 heteroatoms. The predicted molar refractivity (Wildman–Crippen MR) is 115 cm³/mol. The van der Waals surface area contributed by atoms with Crippen molar-refractivity contribution in [3.8, 4) is 0 Å². The molecule has 3 rings (SSSR count). The highest BCUT2D eigenvalue weighted by molar-refractivity contribution is 5.90. The van der Waals surface area contributed by atoms with Crippen molar-refractivity contribution in [1.82, 2.24) is 0 Å². The number of carboxylic acids is 1. The van der Waals surface area contributed by atoms with Crippen LogP contribution in [0.5, 0.6) is 0 Å². The van der Waals surface area contributed by atoms with Crippen LogP contribution in [0.15, 0.2) is 0 Å². The van der Waals surface area contributed by atoms with Crippen molar-refractivity contribution in [3.05, 3.63) is 0 Å². The Morgan fingerprint density at radius 2 is 1.42 bits per heavy atom. The molecular formula is C21H34O17. The van der Waals surface area contributed by atoms with Crippen molar-refractivity contribution in [3.63, 3.8) is 0 Å². The first-order chi connectivity index (χ1) is 17.6. The van der Waals surface area contributed by atoms with Crippen LogP contribution in [0.1, 0.15) is 13.3 Å². The largest absolute Gasteiger partial charge is 0.481 e. The van der Waals surface area contributed by atoms with Crippen molar-refractivity contribution in [2.75, 3.05) is 19.8 Å². The van der Waals surface area contributed by atoms with Gasteiger partial charge in [-0.1, -0.05) is 0 Å². The first kappa shape index (κ1) is 31.0. The van der Waals surface area contributed by atoms with Crippen LogP contribution in [0, 0.1) is 0 Å². The van der Waals surface area contributed by atoms with E-state index in [1.165, 1.54) is 6.92 Å². The zero-order valence-corrected chi connectivity index (χ0v) is 20.1. The molecule has 0 radical (unpaired) electrons. The normalized spacial score (nSPS) is 49.9. The minimum absolute atomic E-state index is 0.880. The number of carbonyl (C=O) groups excluding carboxylic acids is 1. The molecular weight excluding hydrogens is 524 g/mol. The van der Waals surface area contributed by atoms with Crippen LogP contribution in [-0.4, -0.2) is 172 Å². The fourth-order valence-corrected chi connectivity index (χ4v) is 5.11. The second-order valence-corrected chi connectivity index (χ2v) is 9.78. The van der Waals surface area contributed by atoms with E-state index in [4.69, 9.17) is 24.1 Å². The fourth-order valence-electron chi connectivity index (χ4n) is 5.11. The van der Waals surface area contributed by atoms with E-state index in [2.05, 4.69) is 0 Å². The predicted octanol–water partition coefficient (Wildman–Crippen LogP) is -7.06. The molecule has 3 aliphatic rings. The van der Waals surface area contributed by atoms with E-state index in [-0.39, 0.29) is 0 Å². The molecule has 3 fully saturated rings. The molecule has 0 spiro atoms. The van der Waals surface area contributed by atoms with E-state index in [1.807, 2.05) is 0 Å². The molecule has 0 bridgehead atoms. The van der Waals surface area contributed by atoms with Crippen LogP contribution >= 0.6 is 0 Å². The number of hydrogen-bond acceptors (Lipinski definition) is 16. The highest BCUT2D eigenvalue weighted by Crippen LogP contribution is 2.46. The molecule has 11 N–H and O–H groups in total. The number of aliphatic hydroxyl groups excluding tert-OH is 8. The average Bonchev–Trinajstić information content (AvgIpc) is 2.86. The molecule has 220 valence electrons. The molecule has 0 amide bonds. The van der Waals surface area contributed by atoms with Gasteiger partial charge in [0, 0.05) is 0 Å². The lowest BCUT2D eigenvalue weighted by Gasteiger charge is -2.60. The molecule has 14 atom stereocenters. The maximum Gasteiger partial charge on any atom is 0.317 e. The molecule has 0 saturated carbocycles. The summed E-state index contributed by atoms with van der Waals surface area (Å²) in [6.07, 6.45) is -24.3. The molecule has 1 unspecified atom stereocenters. The number of esters is 1. The van der Waals surface area contributed by atoms with Crippen LogP contribution in [0.25, 0.3) is 0 Å². The monoisotopic (exact) mass is 558 g/mol. The zero-order chi connectivity index (χ0) is 28.7. The van der Waals surface area contributed by atoms with Crippen LogP contribution in [0.4, 0.5) is 0 Å². The van der Waals surface area contributed by atoms with Gasteiger partial charge in [-0.25, -0.2) is 0 Å². The van der Waals surface area contributed by atoms with Gasteiger partial charge in [0.25, 0.3) is 0 Å². The van der Waals surface area contributed by atoms with E-state index in [0.29, 0.717) is 0 Å². The Hall–Kier alpha value is -1.58. The smallest absolute Gasteiger partial charge is 0.317 e. The van der Waals surface area contributed by atoms with Crippen LogP contribution in [-0.2, 0) is 28.5 Å². The third-order valence-corrected chi connectivity index (χ3v) is 7.37. The van der Waals surface area contributed by atoms with Gasteiger partial charge in [-0.05, 0) is 6.92 Å². The number of rotatable bonds is 7. The van der Waals surface area contributed by atoms with Crippen molar-refractivity contribution < 1.29 is 84.7 Å². The van der Waals surface area contributed by atoms with Crippen molar-refractivity contribution in [1.29, 1.82) is 0 Å². The first-order valence-electron chi connectivity index (χ1n) is 11.7. The Labute approximate surface area is 215 Å². The lowest BCUT2D eigenvalue weighted by Crippen LogP contribution is -2.84. The molecule has 3 aliphatic heterocycles. The van der Waals surface area contributed by atoms with Gasteiger partial charge in [0.05, 0.1) is 19.3 Å². The summed E-state index contributed by atoms with van der Waals surface area (Å²) < 4.78 is 21.0. The third-order valence-electron chi connectivity index (χ3n) is 7.37. The Morgan fingerprint density at radius 3 is 2.00 bits per heavy atom. The maximum atomic E-state index is 12.0. The first-order valence-corrected chi connectivity index (χ1v) is 11.7. The SMILES string of the molecule is C[C@H]1OC([C@]2(O)CO[C@H](COC(=O)CC(=O)O)[C@@H](O)[C@@]2(O)[C@H]2O[C@@H](CO)[C@H](O)[C@@H](O)[C@@H]2O)[C@H](O)[C@@H](O)[C@@H]1O. The highest BCUT2D eigenvalue weighted by atomic mass is 16.6. The number of carbonyl (C=O) groups is 2. The van der Waals surface area contributed by atoms with Gasteiger partial charge >= 0.3 is 11.9 Å². The van der Waals surface area contributed by atoms with Gasteiger partial charge in [0.15, 0.2) is 11.2 Å².